The van der Waals surface area contributed by atoms with Crippen molar-refractivity contribution in [3.8, 4) is 34.5 Å². The van der Waals surface area contributed by atoms with E-state index in [9.17, 15) is 9.59 Å². The second-order valence-corrected chi connectivity index (χ2v) is 10.3. The van der Waals surface area contributed by atoms with Crippen LogP contribution in [0.1, 0.15) is 74.6 Å². The number of ether oxygens (including phenoxy) is 2. The van der Waals surface area contributed by atoms with Gasteiger partial charge in [-0.05, 0) is 61.9 Å². The number of amides is 1. The molecule has 2 heterocycles. The number of carbonyl (C=O) groups is 2. The molecule has 0 aliphatic heterocycles. The van der Waals surface area contributed by atoms with Crippen molar-refractivity contribution >= 4 is 11.9 Å². The molecule has 1 aromatic carbocycles. The SMILES string of the molecule is CCc1cc(-c2noc(-c3cc(OC)nc(C4CCCC4)c3)n2)cc(C)c1OCCCN(C)C(=O)CCC(=O)O. The highest BCUT2D eigenvalue weighted by Crippen LogP contribution is 2.36. The van der Waals surface area contributed by atoms with Crippen LogP contribution < -0.4 is 9.47 Å². The fraction of sp³-hybridized carbons (Fsp3) is 0.500. The van der Waals surface area contributed by atoms with E-state index in [0.29, 0.717) is 43.1 Å². The largest absolute Gasteiger partial charge is 0.493 e. The molecule has 10 nitrogen and oxygen atoms in total. The minimum Gasteiger partial charge on any atom is -0.493 e. The number of aromatic nitrogens is 3. The standard InChI is InChI=1S/C30H38N4O6/c1-5-20-16-22(15-19(2)28(20)39-14-8-13-34(3)26(35)11-12-27(36)37)29-32-30(40-33-29)23-17-24(21-9-6-7-10-21)31-25(18-23)38-4/h15-18,21H,5-14H2,1-4H3,(H,36,37). The summed E-state index contributed by atoms with van der Waals surface area (Å²) in [6.45, 7) is 4.98. The van der Waals surface area contributed by atoms with E-state index in [1.165, 1.54) is 12.8 Å². The van der Waals surface area contributed by atoms with Gasteiger partial charge >= 0.3 is 5.97 Å². The first-order valence-corrected chi connectivity index (χ1v) is 13.9. The maximum atomic E-state index is 12.0. The fourth-order valence-corrected chi connectivity index (χ4v) is 5.09. The maximum Gasteiger partial charge on any atom is 0.303 e. The Hall–Kier alpha value is -3.95. The van der Waals surface area contributed by atoms with Gasteiger partial charge in [0.15, 0.2) is 0 Å². The second kappa shape index (κ2) is 13.4. The average Bonchev–Trinajstić information content (AvgIpc) is 3.67. The lowest BCUT2D eigenvalue weighted by atomic mass is 10.0. The number of pyridine rings is 1. The van der Waals surface area contributed by atoms with Gasteiger partial charge in [-0.3, -0.25) is 9.59 Å². The quantitative estimate of drug-likeness (QED) is 0.277. The molecule has 0 spiro atoms. The van der Waals surface area contributed by atoms with Crippen molar-refractivity contribution in [1.82, 2.24) is 20.0 Å². The number of methoxy groups -OCH3 is 1. The Morgan fingerprint density at radius 3 is 2.58 bits per heavy atom. The molecule has 4 rings (SSSR count). The van der Waals surface area contributed by atoms with Crippen LogP contribution in [0.3, 0.4) is 0 Å². The van der Waals surface area contributed by atoms with Gasteiger partial charge in [0.2, 0.25) is 17.6 Å². The molecular weight excluding hydrogens is 512 g/mol. The van der Waals surface area contributed by atoms with E-state index in [2.05, 4.69) is 17.1 Å². The van der Waals surface area contributed by atoms with E-state index in [1.54, 1.807) is 19.1 Å². The smallest absolute Gasteiger partial charge is 0.303 e. The van der Waals surface area contributed by atoms with Crippen molar-refractivity contribution in [2.45, 2.75) is 71.1 Å². The summed E-state index contributed by atoms with van der Waals surface area (Å²) >= 11 is 0. The zero-order valence-corrected chi connectivity index (χ0v) is 23.7. The number of carboxylic acids is 1. The molecule has 214 valence electrons. The highest BCUT2D eigenvalue weighted by Gasteiger charge is 2.22. The first kappa shape index (κ1) is 29.0. The Balaban J connectivity index is 1.44. The normalized spacial score (nSPS) is 13.4. The van der Waals surface area contributed by atoms with Gasteiger partial charge in [0, 0.05) is 48.8 Å². The van der Waals surface area contributed by atoms with Gasteiger partial charge in [0.05, 0.1) is 20.1 Å². The molecule has 0 radical (unpaired) electrons. The Bertz CT molecular complexity index is 1330. The monoisotopic (exact) mass is 550 g/mol. The molecule has 3 aromatic rings. The summed E-state index contributed by atoms with van der Waals surface area (Å²) in [5.74, 6) is 1.55. The minimum absolute atomic E-state index is 0.00142. The zero-order chi connectivity index (χ0) is 28.6. The summed E-state index contributed by atoms with van der Waals surface area (Å²) in [5.41, 5.74) is 4.64. The van der Waals surface area contributed by atoms with E-state index in [-0.39, 0.29) is 18.7 Å². The summed E-state index contributed by atoms with van der Waals surface area (Å²) < 4.78 is 17.3. The number of hydrogen-bond donors (Lipinski definition) is 1. The van der Waals surface area contributed by atoms with Crippen LogP contribution in [0.4, 0.5) is 0 Å². The first-order valence-electron chi connectivity index (χ1n) is 13.9. The van der Waals surface area contributed by atoms with Crippen molar-refractivity contribution in [1.29, 1.82) is 0 Å². The number of benzene rings is 1. The van der Waals surface area contributed by atoms with Gasteiger partial charge in [-0.2, -0.15) is 4.98 Å². The van der Waals surface area contributed by atoms with Crippen LogP contribution in [0.25, 0.3) is 22.8 Å². The van der Waals surface area contributed by atoms with Gasteiger partial charge < -0.3 is 24.0 Å². The number of carboxylic acid groups (broad SMARTS) is 1. The molecule has 10 heteroatoms. The molecule has 0 bridgehead atoms. The van der Waals surface area contributed by atoms with Crippen molar-refractivity contribution in [3.63, 3.8) is 0 Å². The predicted molar refractivity (Wildman–Crippen MR) is 149 cm³/mol. The first-order chi connectivity index (χ1) is 19.3. The van der Waals surface area contributed by atoms with Gasteiger partial charge in [0.1, 0.15) is 5.75 Å². The summed E-state index contributed by atoms with van der Waals surface area (Å²) in [5, 5.41) is 13.0. The van der Waals surface area contributed by atoms with Gasteiger partial charge in [-0.25, -0.2) is 4.98 Å². The molecule has 2 aromatic heterocycles. The number of aliphatic carboxylic acids is 1. The van der Waals surface area contributed by atoms with Crippen LogP contribution in [0.5, 0.6) is 11.6 Å². The van der Waals surface area contributed by atoms with E-state index >= 15 is 0 Å². The molecule has 0 atom stereocenters. The Labute approximate surface area is 234 Å². The summed E-state index contributed by atoms with van der Waals surface area (Å²) in [6.07, 6.45) is 5.92. The number of aryl methyl sites for hydroxylation is 2. The second-order valence-electron chi connectivity index (χ2n) is 10.3. The third-order valence-corrected chi connectivity index (χ3v) is 7.33. The molecule has 0 unspecified atom stereocenters. The molecule has 1 fully saturated rings. The van der Waals surface area contributed by atoms with E-state index in [4.69, 9.17) is 24.1 Å². The minimum atomic E-state index is -0.973. The van der Waals surface area contributed by atoms with E-state index in [1.807, 2.05) is 31.2 Å². The zero-order valence-electron chi connectivity index (χ0n) is 23.7. The fourth-order valence-electron chi connectivity index (χ4n) is 5.09. The molecule has 0 saturated heterocycles. The van der Waals surface area contributed by atoms with Gasteiger partial charge in [-0.15, -0.1) is 0 Å². The van der Waals surface area contributed by atoms with Crippen LogP contribution in [0.15, 0.2) is 28.8 Å². The average molecular weight is 551 g/mol. The molecule has 1 aliphatic rings. The maximum absolute atomic E-state index is 12.0. The van der Waals surface area contributed by atoms with E-state index < -0.39 is 5.97 Å². The van der Waals surface area contributed by atoms with Crippen molar-refractivity contribution in [3.05, 3.63) is 41.1 Å². The number of nitrogens with zero attached hydrogens (tertiary/aromatic N) is 4. The summed E-state index contributed by atoms with van der Waals surface area (Å²) in [6, 6.07) is 7.87. The van der Waals surface area contributed by atoms with Crippen LogP contribution >= 0.6 is 0 Å². The summed E-state index contributed by atoms with van der Waals surface area (Å²) in [7, 11) is 3.29. The Morgan fingerprint density at radius 1 is 1.10 bits per heavy atom. The molecular formula is C30H38N4O6. The predicted octanol–water partition coefficient (Wildman–Crippen LogP) is 5.43. The molecule has 1 amide bonds. The number of hydrogen-bond acceptors (Lipinski definition) is 8. The molecule has 1 N–H and O–H groups in total. The molecule has 1 saturated carbocycles. The van der Waals surface area contributed by atoms with Crippen molar-refractivity contribution in [2.24, 2.45) is 0 Å². The Morgan fingerprint density at radius 2 is 1.88 bits per heavy atom. The number of rotatable bonds is 13. The van der Waals surface area contributed by atoms with Crippen LogP contribution in [-0.2, 0) is 16.0 Å². The highest BCUT2D eigenvalue weighted by atomic mass is 16.5. The Kier molecular flexibility index (Phi) is 9.74. The van der Waals surface area contributed by atoms with Crippen LogP contribution in [0.2, 0.25) is 0 Å². The lowest BCUT2D eigenvalue weighted by molar-refractivity contribution is -0.140. The lowest BCUT2D eigenvalue weighted by Gasteiger charge is -2.18. The van der Waals surface area contributed by atoms with Crippen LogP contribution in [0, 0.1) is 6.92 Å². The highest BCUT2D eigenvalue weighted by molar-refractivity contribution is 5.80. The molecule has 40 heavy (non-hydrogen) atoms. The molecule has 1 aliphatic carbocycles. The summed E-state index contributed by atoms with van der Waals surface area (Å²) in [4.78, 5) is 33.6. The number of carbonyl (C=O) groups excluding carboxylic acids is 1. The third kappa shape index (κ3) is 7.16. The van der Waals surface area contributed by atoms with Crippen molar-refractivity contribution in [2.75, 3.05) is 27.3 Å². The third-order valence-electron chi connectivity index (χ3n) is 7.33. The lowest BCUT2D eigenvalue weighted by Crippen LogP contribution is -2.29. The van der Waals surface area contributed by atoms with Gasteiger partial charge in [-0.1, -0.05) is 24.9 Å². The van der Waals surface area contributed by atoms with Gasteiger partial charge in [0.25, 0.3) is 5.89 Å². The van der Waals surface area contributed by atoms with E-state index in [0.717, 1.165) is 53.0 Å². The topological polar surface area (TPSA) is 128 Å². The van der Waals surface area contributed by atoms with Crippen molar-refractivity contribution < 1.29 is 28.7 Å². The van der Waals surface area contributed by atoms with Crippen LogP contribution in [-0.4, -0.2) is 64.3 Å².